The quantitative estimate of drug-likeness (QED) is 0.251. The summed E-state index contributed by atoms with van der Waals surface area (Å²) < 4.78 is 32.5. The van der Waals surface area contributed by atoms with E-state index in [2.05, 4.69) is 4.98 Å². The molecule has 0 aliphatic heterocycles. The van der Waals surface area contributed by atoms with E-state index in [4.69, 9.17) is 4.74 Å². The Morgan fingerprint density at radius 1 is 0.806 bits per heavy atom. The maximum Gasteiger partial charge on any atom is 0.247 e. The topological polar surface area (TPSA) is 42.4 Å². The standard InChI is InChI=1S/C30H26F2N2O2/c31-27-10-7-23(8-11-27)15-18-36-29-6-2-4-26(20-29)22-34(21-25-13-16-33-17-14-25)30(35)12-9-24-3-1-5-28(32)19-24/h1-14,16-17,19-20H,15,18,21-22H2/b12-9+. The first-order chi connectivity index (χ1) is 17.5. The highest BCUT2D eigenvalue weighted by atomic mass is 19.1. The van der Waals surface area contributed by atoms with Crippen LogP contribution < -0.4 is 4.74 Å². The van der Waals surface area contributed by atoms with Gasteiger partial charge in [-0.2, -0.15) is 0 Å². The summed E-state index contributed by atoms with van der Waals surface area (Å²) in [6.45, 7) is 1.21. The molecule has 0 N–H and O–H groups in total. The normalized spacial score (nSPS) is 10.9. The minimum atomic E-state index is -0.352. The first-order valence-corrected chi connectivity index (χ1v) is 11.6. The summed E-state index contributed by atoms with van der Waals surface area (Å²) in [6.07, 6.45) is 7.10. The van der Waals surface area contributed by atoms with Crippen LogP contribution in [0.2, 0.25) is 0 Å². The molecule has 0 spiro atoms. The van der Waals surface area contributed by atoms with E-state index in [0.717, 1.165) is 16.7 Å². The predicted molar refractivity (Wildman–Crippen MR) is 136 cm³/mol. The molecule has 4 nitrogen and oxygen atoms in total. The third kappa shape index (κ3) is 7.60. The molecule has 1 heterocycles. The fourth-order valence-corrected chi connectivity index (χ4v) is 3.70. The van der Waals surface area contributed by atoms with Gasteiger partial charge in [-0.15, -0.1) is 0 Å². The Kier molecular flexibility index (Phi) is 8.54. The third-order valence-electron chi connectivity index (χ3n) is 5.55. The molecule has 36 heavy (non-hydrogen) atoms. The van der Waals surface area contributed by atoms with E-state index in [1.54, 1.807) is 47.6 Å². The number of halogens is 2. The van der Waals surface area contributed by atoms with Crippen LogP contribution in [-0.4, -0.2) is 22.4 Å². The van der Waals surface area contributed by atoms with Crippen LogP contribution in [0.1, 0.15) is 22.3 Å². The number of ether oxygens (including phenoxy) is 1. The van der Waals surface area contributed by atoms with Gasteiger partial charge < -0.3 is 9.64 Å². The first-order valence-electron chi connectivity index (χ1n) is 11.6. The summed E-state index contributed by atoms with van der Waals surface area (Å²) in [5.74, 6) is -0.113. The average Bonchev–Trinajstić information content (AvgIpc) is 2.89. The number of amides is 1. The summed E-state index contributed by atoms with van der Waals surface area (Å²) in [5.41, 5.74) is 3.47. The lowest BCUT2D eigenvalue weighted by Gasteiger charge is -2.22. The molecule has 0 aliphatic carbocycles. The Bertz CT molecular complexity index is 1310. The lowest BCUT2D eigenvalue weighted by atomic mass is 10.1. The molecule has 0 bridgehead atoms. The second-order valence-corrected chi connectivity index (χ2v) is 8.31. The monoisotopic (exact) mass is 484 g/mol. The molecule has 0 radical (unpaired) electrons. The van der Waals surface area contributed by atoms with Crippen molar-refractivity contribution in [3.8, 4) is 5.75 Å². The minimum Gasteiger partial charge on any atom is -0.493 e. The van der Waals surface area contributed by atoms with Gasteiger partial charge in [0.05, 0.1) is 6.61 Å². The first kappa shape index (κ1) is 24.8. The molecular formula is C30H26F2N2O2. The minimum absolute atomic E-state index is 0.196. The van der Waals surface area contributed by atoms with Gasteiger partial charge >= 0.3 is 0 Å². The number of hydrogen-bond acceptors (Lipinski definition) is 3. The number of hydrogen-bond donors (Lipinski definition) is 0. The number of benzene rings is 3. The predicted octanol–water partition coefficient (Wildman–Crippen LogP) is 6.22. The summed E-state index contributed by atoms with van der Waals surface area (Å²) in [6, 6.07) is 23.8. The van der Waals surface area contributed by atoms with Crippen molar-refractivity contribution >= 4 is 12.0 Å². The number of carbonyl (C=O) groups is 1. The number of nitrogens with zero attached hydrogens (tertiary/aromatic N) is 2. The van der Waals surface area contributed by atoms with Crippen molar-refractivity contribution in [1.82, 2.24) is 9.88 Å². The van der Waals surface area contributed by atoms with Gasteiger partial charge in [-0.05, 0) is 76.9 Å². The van der Waals surface area contributed by atoms with E-state index in [1.165, 1.54) is 30.3 Å². The Morgan fingerprint density at radius 2 is 1.56 bits per heavy atom. The lowest BCUT2D eigenvalue weighted by molar-refractivity contribution is -0.127. The Labute approximate surface area is 209 Å². The van der Waals surface area contributed by atoms with Gasteiger partial charge in [0.2, 0.25) is 5.91 Å². The largest absolute Gasteiger partial charge is 0.493 e. The van der Waals surface area contributed by atoms with Crippen molar-refractivity contribution in [1.29, 1.82) is 0 Å². The zero-order valence-corrected chi connectivity index (χ0v) is 19.7. The number of aromatic nitrogens is 1. The number of pyridine rings is 1. The average molecular weight is 485 g/mol. The van der Waals surface area contributed by atoms with Crippen LogP contribution in [0.5, 0.6) is 5.75 Å². The third-order valence-corrected chi connectivity index (χ3v) is 5.55. The van der Waals surface area contributed by atoms with E-state index < -0.39 is 0 Å². The molecule has 0 fully saturated rings. The highest BCUT2D eigenvalue weighted by Crippen LogP contribution is 2.18. The van der Waals surface area contributed by atoms with Crippen molar-refractivity contribution in [3.05, 3.63) is 137 Å². The van der Waals surface area contributed by atoms with Crippen LogP contribution in [0.3, 0.4) is 0 Å². The Hall–Kier alpha value is -4.32. The zero-order valence-electron chi connectivity index (χ0n) is 19.7. The van der Waals surface area contributed by atoms with Crippen LogP contribution in [0.4, 0.5) is 8.78 Å². The van der Waals surface area contributed by atoms with E-state index in [0.29, 0.717) is 37.4 Å². The smallest absolute Gasteiger partial charge is 0.247 e. The van der Waals surface area contributed by atoms with Crippen LogP contribution in [0, 0.1) is 11.6 Å². The molecule has 0 unspecified atom stereocenters. The highest BCUT2D eigenvalue weighted by Gasteiger charge is 2.13. The maximum absolute atomic E-state index is 13.5. The van der Waals surface area contributed by atoms with Gasteiger partial charge in [0, 0.05) is 38.0 Å². The molecule has 4 rings (SSSR count). The Balaban J connectivity index is 1.44. The van der Waals surface area contributed by atoms with Gasteiger partial charge in [0.15, 0.2) is 0 Å². The maximum atomic E-state index is 13.5. The number of carbonyl (C=O) groups excluding carboxylic acids is 1. The van der Waals surface area contributed by atoms with Crippen molar-refractivity contribution < 1.29 is 18.3 Å². The molecule has 0 atom stereocenters. The molecule has 0 saturated heterocycles. The van der Waals surface area contributed by atoms with Crippen molar-refractivity contribution in [2.24, 2.45) is 0 Å². The molecule has 1 amide bonds. The molecule has 3 aromatic carbocycles. The second-order valence-electron chi connectivity index (χ2n) is 8.31. The van der Waals surface area contributed by atoms with Crippen LogP contribution in [0.25, 0.3) is 6.08 Å². The SMILES string of the molecule is O=C(/C=C/c1cccc(F)c1)N(Cc1ccncc1)Cc1cccc(OCCc2ccc(F)cc2)c1. The second kappa shape index (κ2) is 12.4. The molecule has 6 heteroatoms. The summed E-state index contributed by atoms with van der Waals surface area (Å²) in [5, 5.41) is 0. The summed E-state index contributed by atoms with van der Waals surface area (Å²) >= 11 is 0. The molecule has 182 valence electrons. The van der Waals surface area contributed by atoms with Gasteiger partial charge in [-0.25, -0.2) is 8.78 Å². The van der Waals surface area contributed by atoms with Gasteiger partial charge in [-0.1, -0.05) is 36.4 Å². The summed E-state index contributed by atoms with van der Waals surface area (Å²) in [4.78, 5) is 18.9. The van der Waals surface area contributed by atoms with Gasteiger partial charge in [-0.3, -0.25) is 9.78 Å². The molecule has 4 aromatic rings. The van der Waals surface area contributed by atoms with E-state index in [1.807, 2.05) is 36.4 Å². The van der Waals surface area contributed by atoms with E-state index in [-0.39, 0.29) is 17.5 Å². The fourth-order valence-electron chi connectivity index (χ4n) is 3.70. The number of rotatable bonds is 10. The van der Waals surface area contributed by atoms with Crippen molar-refractivity contribution in [2.75, 3.05) is 6.61 Å². The van der Waals surface area contributed by atoms with Gasteiger partial charge in [0.1, 0.15) is 17.4 Å². The lowest BCUT2D eigenvalue weighted by Crippen LogP contribution is -2.28. The van der Waals surface area contributed by atoms with E-state index in [9.17, 15) is 13.6 Å². The van der Waals surface area contributed by atoms with Crippen molar-refractivity contribution in [3.63, 3.8) is 0 Å². The van der Waals surface area contributed by atoms with Gasteiger partial charge in [0.25, 0.3) is 0 Å². The summed E-state index contributed by atoms with van der Waals surface area (Å²) in [7, 11) is 0. The zero-order chi connectivity index (χ0) is 25.2. The van der Waals surface area contributed by atoms with Crippen molar-refractivity contribution in [2.45, 2.75) is 19.5 Å². The fraction of sp³-hybridized carbons (Fsp3) is 0.133. The molecule has 0 saturated carbocycles. The van der Waals surface area contributed by atoms with Crippen LogP contribution in [0.15, 0.2) is 103 Å². The van der Waals surface area contributed by atoms with E-state index >= 15 is 0 Å². The molecule has 0 aliphatic rings. The molecular weight excluding hydrogens is 458 g/mol. The van der Waals surface area contributed by atoms with Crippen LogP contribution in [-0.2, 0) is 24.3 Å². The van der Waals surface area contributed by atoms with Crippen LogP contribution >= 0.6 is 0 Å². The Morgan fingerprint density at radius 3 is 2.33 bits per heavy atom. The molecule has 1 aromatic heterocycles. The highest BCUT2D eigenvalue weighted by molar-refractivity contribution is 5.91.